The van der Waals surface area contributed by atoms with Gasteiger partial charge in [0.05, 0.1) is 0 Å². The van der Waals surface area contributed by atoms with Gasteiger partial charge < -0.3 is 10.2 Å². The number of benzene rings is 1. The predicted octanol–water partition coefficient (Wildman–Crippen LogP) is 4.88. The lowest BCUT2D eigenvalue weighted by Gasteiger charge is -2.52. The van der Waals surface area contributed by atoms with Gasteiger partial charge in [-0.15, -0.1) is 0 Å². The number of aromatic hydroxyl groups is 1. The SMILES string of the molecule is C[C@@H](CCO)[C@H]1CC[C@H]2[C@@H]3CCc4cc(O)ccc4[C@H]3CC[C@]12C. The van der Waals surface area contributed by atoms with Crippen LogP contribution in [0.25, 0.3) is 0 Å². The number of fused-ring (bicyclic) bond motifs is 5. The van der Waals surface area contributed by atoms with Crippen molar-refractivity contribution >= 4 is 0 Å². The van der Waals surface area contributed by atoms with Crippen LogP contribution >= 0.6 is 0 Å². The van der Waals surface area contributed by atoms with Gasteiger partial charge >= 0.3 is 0 Å². The minimum atomic E-state index is 0.335. The van der Waals surface area contributed by atoms with Gasteiger partial charge in [0.1, 0.15) is 5.75 Å². The third-order valence-corrected chi connectivity index (χ3v) is 8.05. The van der Waals surface area contributed by atoms with Crippen LogP contribution in [0.15, 0.2) is 18.2 Å². The summed E-state index contributed by atoms with van der Waals surface area (Å²) in [6.45, 7) is 5.26. The first-order valence-electron chi connectivity index (χ1n) is 9.97. The first-order valence-corrected chi connectivity index (χ1v) is 9.97. The molecule has 0 bridgehead atoms. The fraction of sp³-hybridized carbons (Fsp3) is 0.727. The minimum absolute atomic E-state index is 0.335. The Bertz CT molecular complexity index is 610. The summed E-state index contributed by atoms with van der Waals surface area (Å²) in [6.07, 6.45) is 8.76. The Labute approximate surface area is 146 Å². The zero-order valence-corrected chi connectivity index (χ0v) is 15.2. The van der Waals surface area contributed by atoms with E-state index >= 15 is 0 Å². The van der Waals surface area contributed by atoms with Crippen molar-refractivity contribution in [2.24, 2.45) is 29.1 Å². The van der Waals surface area contributed by atoms with Crippen molar-refractivity contribution < 1.29 is 10.2 Å². The summed E-state index contributed by atoms with van der Waals surface area (Å²) in [4.78, 5) is 0. The molecule has 1 aromatic carbocycles. The second-order valence-corrected chi connectivity index (χ2v) is 9.02. The molecular formula is C22H32O2. The van der Waals surface area contributed by atoms with Crippen LogP contribution in [0.3, 0.4) is 0 Å². The van der Waals surface area contributed by atoms with E-state index in [1.165, 1.54) is 43.2 Å². The van der Waals surface area contributed by atoms with Gasteiger partial charge in [0, 0.05) is 6.61 Å². The molecule has 6 atom stereocenters. The molecule has 1 aromatic rings. The Balaban J connectivity index is 1.61. The summed E-state index contributed by atoms with van der Waals surface area (Å²) in [6, 6.07) is 6.08. The second kappa shape index (κ2) is 6.05. The van der Waals surface area contributed by atoms with Crippen LogP contribution in [-0.4, -0.2) is 16.8 Å². The van der Waals surface area contributed by atoms with Crippen molar-refractivity contribution in [2.45, 2.75) is 64.7 Å². The lowest BCUT2D eigenvalue weighted by molar-refractivity contribution is 0.00773. The normalized spacial score (nSPS) is 39.0. The monoisotopic (exact) mass is 328 g/mol. The lowest BCUT2D eigenvalue weighted by atomic mass is 9.53. The fourth-order valence-corrected chi connectivity index (χ4v) is 6.95. The number of phenols is 1. The van der Waals surface area contributed by atoms with Gasteiger partial charge in [-0.05, 0) is 103 Å². The summed E-state index contributed by atoms with van der Waals surface area (Å²) in [5, 5.41) is 19.2. The van der Waals surface area contributed by atoms with Gasteiger partial charge in [-0.2, -0.15) is 0 Å². The van der Waals surface area contributed by atoms with E-state index in [9.17, 15) is 10.2 Å². The minimum Gasteiger partial charge on any atom is -0.508 e. The van der Waals surface area contributed by atoms with Crippen LogP contribution in [0.1, 0.15) is 69.4 Å². The Morgan fingerprint density at radius 1 is 1.21 bits per heavy atom. The van der Waals surface area contributed by atoms with Crippen LogP contribution in [0.2, 0.25) is 0 Å². The molecule has 2 fully saturated rings. The van der Waals surface area contributed by atoms with Crippen molar-refractivity contribution in [2.75, 3.05) is 6.61 Å². The topological polar surface area (TPSA) is 40.5 Å². The molecule has 2 saturated carbocycles. The third kappa shape index (κ3) is 2.41. The van der Waals surface area contributed by atoms with Crippen molar-refractivity contribution in [3.8, 4) is 5.75 Å². The number of hydrogen-bond donors (Lipinski definition) is 2. The smallest absolute Gasteiger partial charge is 0.115 e. The van der Waals surface area contributed by atoms with E-state index in [1.54, 1.807) is 0 Å². The first-order chi connectivity index (χ1) is 11.5. The maximum absolute atomic E-state index is 9.80. The number of hydrogen-bond acceptors (Lipinski definition) is 2. The molecule has 2 heteroatoms. The van der Waals surface area contributed by atoms with Crippen molar-refractivity contribution in [1.29, 1.82) is 0 Å². The molecule has 0 heterocycles. The van der Waals surface area contributed by atoms with E-state index in [0.29, 0.717) is 29.6 Å². The Hall–Kier alpha value is -1.02. The molecule has 0 spiro atoms. The molecule has 24 heavy (non-hydrogen) atoms. The van der Waals surface area contributed by atoms with Crippen molar-refractivity contribution in [1.82, 2.24) is 0 Å². The molecule has 0 aliphatic heterocycles. The van der Waals surface area contributed by atoms with Crippen LogP contribution in [0.5, 0.6) is 5.75 Å². The number of aliphatic hydroxyl groups is 1. The fourth-order valence-electron chi connectivity index (χ4n) is 6.95. The van der Waals surface area contributed by atoms with Gasteiger partial charge in [-0.25, -0.2) is 0 Å². The number of phenolic OH excluding ortho intramolecular Hbond substituents is 1. The molecule has 4 rings (SSSR count). The molecule has 0 radical (unpaired) electrons. The number of aliphatic hydroxyl groups excluding tert-OH is 1. The Morgan fingerprint density at radius 2 is 2.04 bits per heavy atom. The molecule has 0 amide bonds. The summed E-state index contributed by atoms with van der Waals surface area (Å²) in [5.74, 6) is 4.24. The molecule has 3 aliphatic carbocycles. The van der Waals surface area contributed by atoms with E-state index < -0.39 is 0 Å². The molecular weight excluding hydrogens is 296 g/mol. The summed E-state index contributed by atoms with van der Waals surface area (Å²) < 4.78 is 0. The molecule has 0 saturated heterocycles. The van der Waals surface area contributed by atoms with Gasteiger partial charge in [0.15, 0.2) is 0 Å². The first kappa shape index (κ1) is 16.4. The average molecular weight is 328 g/mol. The Kier molecular flexibility index (Phi) is 4.15. The van der Waals surface area contributed by atoms with Crippen molar-refractivity contribution in [3.63, 3.8) is 0 Å². The largest absolute Gasteiger partial charge is 0.508 e. The van der Waals surface area contributed by atoms with E-state index in [0.717, 1.165) is 30.6 Å². The highest BCUT2D eigenvalue weighted by Gasteiger charge is 2.55. The zero-order chi connectivity index (χ0) is 16.9. The number of rotatable bonds is 3. The van der Waals surface area contributed by atoms with Crippen LogP contribution in [0, 0.1) is 29.1 Å². The van der Waals surface area contributed by atoms with Gasteiger partial charge in [-0.1, -0.05) is 19.9 Å². The van der Waals surface area contributed by atoms with Gasteiger partial charge in [0.25, 0.3) is 0 Å². The standard InChI is InChI=1S/C22H32O2/c1-14(10-12-23)20-7-8-21-19-5-3-15-13-16(24)4-6-17(15)18(19)9-11-22(20,21)2/h4,6,13-14,18-21,23-24H,3,5,7-12H2,1-2H3/t14-,18+,19+,20+,21-,22+/m0/s1. The maximum atomic E-state index is 9.80. The summed E-state index contributed by atoms with van der Waals surface area (Å²) in [7, 11) is 0. The highest BCUT2D eigenvalue weighted by molar-refractivity contribution is 5.40. The predicted molar refractivity (Wildman–Crippen MR) is 97.1 cm³/mol. The molecule has 2 N–H and O–H groups in total. The molecule has 2 nitrogen and oxygen atoms in total. The molecule has 3 aliphatic rings. The van der Waals surface area contributed by atoms with E-state index in [-0.39, 0.29) is 0 Å². The number of aryl methyl sites for hydroxylation is 1. The second-order valence-electron chi connectivity index (χ2n) is 9.02. The zero-order valence-electron chi connectivity index (χ0n) is 15.2. The molecule has 0 unspecified atom stereocenters. The third-order valence-electron chi connectivity index (χ3n) is 8.05. The lowest BCUT2D eigenvalue weighted by Crippen LogP contribution is -2.43. The van der Waals surface area contributed by atoms with E-state index in [1.807, 2.05) is 12.1 Å². The Morgan fingerprint density at radius 3 is 2.83 bits per heavy atom. The summed E-state index contributed by atoms with van der Waals surface area (Å²) >= 11 is 0. The van der Waals surface area contributed by atoms with Crippen molar-refractivity contribution in [3.05, 3.63) is 29.3 Å². The van der Waals surface area contributed by atoms with Crippen LogP contribution < -0.4 is 0 Å². The van der Waals surface area contributed by atoms with Crippen LogP contribution in [-0.2, 0) is 6.42 Å². The van der Waals surface area contributed by atoms with E-state index in [2.05, 4.69) is 19.9 Å². The maximum Gasteiger partial charge on any atom is 0.115 e. The highest BCUT2D eigenvalue weighted by Crippen LogP contribution is 2.64. The van der Waals surface area contributed by atoms with E-state index in [4.69, 9.17) is 0 Å². The van der Waals surface area contributed by atoms with Gasteiger partial charge in [-0.3, -0.25) is 0 Å². The average Bonchev–Trinajstić information content (AvgIpc) is 2.92. The van der Waals surface area contributed by atoms with Crippen LogP contribution in [0.4, 0.5) is 0 Å². The quantitative estimate of drug-likeness (QED) is 0.830. The summed E-state index contributed by atoms with van der Waals surface area (Å²) in [5.41, 5.74) is 3.39. The van der Waals surface area contributed by atoms with Gasteiger partial charge in [0.2, 0.25) is 0 Å². The highest BCUT2D eigenvalue weighted by atomic mass is 16.3. The molecule has 132 valence electrons. The molecule has 0 aromatic heterocycles.